The van der Waals surface area contributed by atoms with Gasteiger partial charge in [-0.1, -0.05) is 12.1 Å². The van der Waals surface area contributed by atoms with Crippen molar-refractivity contribution >= 4 is 28.9 Å². The van der Waals surface area contributed by atoms with Crippen molar-refractivity contribution in [2.24, 2.45) is 0 Å². The van der Waals surface area contributed by atoms with Crippen LogP contribution in [0.2, 0.25) is 0 Å². The lowest BCUT2D eigenvalue weighted by Crippen LogP contribution is -2.30. The number of amides is 1. The summed E-state index contributed by atoms with van der Waals surface area (Å²) in [4.78, 5) is 20.2. The minimum Gasteiger partial charge on any atom is -0.497 e. The van der Waals surface area contributed by atoms with Gasteiger partial charge in [-0.25, -0.2) is 14.4 Å². The van der Waals surface area contributed by atoms with Crippen molar-refractivity contribution in [3.05, 3.63) is 66.2 Å². The third-order valence-corrected chi connectivity index (χ3v) is 3.66. The van der Waals surface area contributed by atoms with Crippen LogP contribution in [0, 0.1) is 5.82 Å². The SMILES string of the molecule is COc1ccc(C(=O)NNc2ncnc(Nc3ccccc3F)c2N)cc1. The Hall–Kier alpha value is -3.88. The predicted molar refractivity (Wildman–Crippen MR) is 100 cm³/mol. The molecule has 0 unspecified atom stereocenters. The average Bonchev–Trinajstić information content (AvgIpc) is 2.70. The van der Waals surface area contributed by atoms with E-state index in [2.05, 4.69) is 26.1 Å². The number of carbonyl (C=O) groups excluding carboxylic acids is 1. The number of hydrogen-bond donors (Lipinski definition) is 4. The van der Waals surface area contributed by atoms with Gasteiger partial charge in [-0.05, 0) is 36.4 Å². The van der Waals surface area contributed by atoms with Crippen molar-refractivity contribution in [3.8, 4) is 5.75 Å². The number of methoxy groups -OCH3 is 1. The van der Waals surface area contributed by atoms with Crippen molar-refractivity contribution in [2.45, 2.75) is 0 Å². The van der Waals surface area contributed by atoms with Crippen molar-refractivity contribution in [1.82, 2.24) is 15.4 Å². The lowest BCUT2D eigenvalue weighted by molar-refractivity contribution is 0.0962. The zero-order valence-electron chi connectivity index (χ0n) is 14.4. The van der Waals surface area contributed by atoms with Crippen LogP contribution in [0.1, 0.15) is 10.4 Å². The maximum Gasteiger partial charge on any atom is 0.269 e. The van der Waals surface area contributed by atoms with E-state index in [1.807, 2.05) is 0 Å². The molecule has 0 aliphatic carbocycles. The van der Waals surface area contributed by atoms with Gasteiger partial charge in [0, 0.05) is 5.56 Å². The number of nitrogens with one attached hydrogen (secondary N) is 3. The number of ether oxygens (including phenoxy) is 1. The third-order valence-electron chi connectivity index (χ3n) is 3.66. The summed E-state index contributed by atoms with van der Waals surface area (Å²) < 4.78 is 18.8. The van der Waals surface area contributed by atoms with E-state index >= 15 is 0 Å². The summed E-state index contributed by atoms with van der Waals surface area (Å²) in [5, 5.41) is 2.80. The van der Waals surface area contributed by atoms with Crippen molar-refractivity contribution in [2.75, 3.05) is 23.6 Å². The highest BCUT2D eigenvalue weighted by molar-refractivity contribution is 5.95. The van der Waals surface area contributed by atoms with Gasteiger partial charge < -0.3 is 15.8 Å². The highest BCUT2D eigenvalue weighted by Crippen LogP contribution is 2.26. The Morgan fingerprint density at radius 3 is 2.48 bits per heavy atom. The molecule has 0 bridgehead atoms. The number of hydrazine groups is 1. The van der Waals surface area contributed by atoms with E-state index in [4.69, 9.17) is 10.5 Å². The second-order valence-corrected chi connectivity index (χ2v) is 5.40. The molecule has 0 saturated carbocycles. The molecular weight excluding hydrogens is 351 g/mol. The minimum atomic E-state index is -0.446. The van der Waals surface area contributed by atoms with Crippen LogP contribution in [0.5, 0.6) is 5.75 Å². The van der Waals surface area contributed by atoms with Crippen LogP contribution in [-0.2, 0) is 0 Å². The number of anilines is 4. The maximum absolute atomic E-state index is 13.8. The average molecular weight is 368 g/mol. The molecule has 0 spiro atoms. The number of hydrogen-bond acceptors (Lipinski definition) is 7. The summed E-state index contributed by atoms with van der Waals surface area (Å²) in [6, 6.07) is 12.7. The van der Waals surface area contributed by atoms with Crippen LogP contribution >= 0.6 is 0 Å². The molecule has 1 amide bonds. The van der Waals surface area contributed by atoms with Crippen LogP contribution in [0.4, 0.5) is 27.4 Å². The summed E-state index contributed by atoms with van der Waals surface area (Å²) in [6.45, 7) is 0. The third kappa shape index (κ3) is 4.21. The van der Waals surface area contributed by atoms with Gasteiger partial charge in [0.05, 0.1) is 12.8 Å². The number of rotatable bonds is 6. The Kier molecular flexibility index (Phi) is 5.31. The largest absolute Gasteiger partial charge is 0.497 e. The number of benzene rings is 2. The van der Waals surface area contributed by atoms with Crippen LogP contribution in [0.3, 0.4) is 0 Å². The molecule has 0 saturated heterocycles. The van der Waals surface area contributed by atoms with Crippen molar-refractivity contribution in [3.63, 3.8) is 0 Å². The monoisotopic (exact) mass is 368 g/mol. The fourth-order valence-corrected chi connectivity index (χ4v) is 2.22. The number of aromatic nitrogens is 2. The normalized spacial score (nSPS) is 10.1. The van der Waals surface area contributed by atoms with Crippen molar-refractivity contribution < 1.29 is 13.9 Å². The van der Waals surface area contributed by atoms with Gasteiger partial charge >= 0.3 is 0 Å². The zero-order chi connectivity index (χ0) is 19.2. The number of halogens is 1. The van der Waals surface area contributed by atoms with Crippen LogP contribution in [0.25, 0.3) is 0 Å². The van der Waals surface area contributed by atoms with E-state index in [-0.39, 0.29) is 28.9 Å². The Labute approximate surface area is 154 Å². The van der Waals surface area contributed by atoms with E-state index < -0.39 is 5.82 Å². The van der Waals surface area contributed by atoms with Crippen molar-refractivity contribution in [1.29, 1.82) is 0 Å². The topological polar surface area (TPSA) is 114 Å². The molecule has 138 valence electrons. The van der Waals surface area contributed by atoms with Gasteiger partial charge in [0.25, 0.3) is 5.91 Å². The molecular formula is C18H17FN6O2. The van der Waals surface area contributed by atoms with E-state index in [1.54, 1.807) is 49.6 Å². The molecule has 9 heteroatoms. The first-order chi connectivity index (χ1) is 13.1. The van der Waals surface area contributed by atoms with E-state index in [0.717, 1.165) is 0 Å². The first-order valence-electron chi connectivity index (χ1n) is 7.91. The molecule has 1 heterocycles. The molecule has 0 atom stereocenters. The Balaban J connectivity index is 1.70. The van der Waals surface area contributed by atoms with Gasteiger partial charge in [-0.3, -0.25) is 15.6 Å². The van der Waals surface area contributed by atoms with Crippen LogP contribution < -0.4 is 26.6 Å². The summed E-state index contributed by atoms with van der Waals surface area (Å²) in [5.41, 5.74) is 11.9. The van der Waals surface area contributed by atoms with Gasteiger partial charge in [-0.15, -0.1) is 0 Å². The fraction of sp³-hybridized carbons (Fsp3) is 0.0556. The van der Waals surface area contributed by atoms with Gasteiger partial charge in [0.1, 0.15) is 23.6 Å². The first-order valence-corrected chi connectivity index (χ1v) is 7.91. The van der Waals surface area contributed by atoms with E-state index in [9.17, 15) is 9.18 Å². The van der Waals surface area contributed by atoms with E-state index in [0.29, 0.717) is 11.3 Å². The number of carbonyl (C=O) groups is 1. The Bertz CT molecular complexity index is 949. The van der Waals surface area contributed by atoms with Gasteiger partial charge in [0.2, 0.25) is 0 Å². The lowest BCUT2D eigenvalue weighted by Gasteiger charge is -2.13. The molecule has 0 aliphatic heterocycles. The molecule has 0 fully saturated rings. The minimum absolute atomic E-state index is 0.121. The summed E-state index contributed by atoms with van der Waals surface area (Å²) >= 11 is 0. The highest BCUT2D eigenvalue weighted by atomic mass is 19.1. The van der Waals surface area contributed by atoms with Crippen LogP contribution in [-0.4, -0.2) is 23.0 Å². The standard InChI is InChI=1S/C18H17FN6O2/c1-27-12-8-6-11(7-9-12)18(26)25-24-17-15(20)16(21-10-22-17)23-14-5-3-2-4-13(14)19/h2-10H,20H2,1H3,(H,25,26)(H2,21,22,23,24). The van der Waals surface area contributed by atoms with Gasteiger partial charge in [0.15, 0.2) is 11.6 Å². The molecule has 0 aliphatic rings. The Morgan fingerprint density at radius 1 is 1.07 bits per heavy atom. The molecule has 3 rings (SSSR count). The first kappa shape index (κ1) is 17.9. The number of nitrogens with zero attached hydrogens (tertiary/aromatic N) is 2. The number of nitrogens with two attached hydrogens (primary N) is 1. The number of para-hydroxylation sites is 1. The second kappa shape index (κ2) is 8.00. The number of nitrogen functional groups attached to an aromatic ring is 1. The summed E-state index contributed by atoms with van der Waals surface area (Å²) in [5.74, 6) is 0.183. The summed E-state index contributed by atoms with van der Waals surface area (Å²) in [6.07, 6.45) is 1.24. The predicted octanol–water partition coefficient (Wildman–Crippen LogP) is 2.71. The molecule has 3 aromatic rings. The molecule has 27 heavy (non-hydrogen) atoms. The molecule has 0 radical (unpaired) electrons. The highest BCUT2D eigenvalue weighted by Gasteiger charge is 2.12. The summed E-state index contributed by atoms with van der Waals surface area (Å²) in [7, 11) is 1.54. The van der Waals surface area contributed by atoms with E-state index in [1.165, 1.54) is 12.4 Å². The molecule has 2 aromatic carbocycles. The van der Waals surface area contributed by atoms with Gasteiger partial charge in [-0.2, -0.15) is 0 Å². The lowest BCUT2D eigenvalue weighted by atomic mass is 10.2. The quantitative estimate of drug-likeness (QED) is 0.495. The zero-order valence-corrected chi connectivity index (χ0v) is 14.4. The Morgan fingerprint density at radius 2 is 1.78 bits per heavy atom. The maximum atomic E-state index is 13.8. The molecule has 1 aromatic heterocycles. The van der Waals surface area contributed by atoms with Crippen LogP contribution in [0.15, 0.2) is 54.9 Å². The second-order valence-electron chi connectivity index (χ2n) is 5.40. The fourth-order valence-electron chi connectivity index (χ4n) is 2.22. The smallest absolute Gasteiger partial charge is 0.269 e. The molecule has 5 N–H and O–H groups in total. The molecule has 8 nitrogen and oxygen atoms in total.